The number of benzene rings is 1. The van der Waals surface area contributed by atoms with Gasteiger partial charge >= 0.3 is 0 Å². The molecule has 2 heterocycles. The summed E-state index contributed by atoms with van der Waals surface area (Å²) in [6.07, 6.45) is 1.59. The third kappa shape index (κ3) is 2.29. The predicted molar refractivity (Wildman–Crippen MR) is 74.3 cm³/mol. The highest BCUT2D eigenvalue weighted by Gasteiger charge is 2.11. The fourth-order valence-corrected chi connectivity index (χ4v) is 1.87. The number of nitrogens with one attached hydrogen (secondary N) is 2. The molecule has 2 aromatic heterocycles. The highest BCUT2D eigenvalue weighted by molar-refractivity contribution is 6.04. The number of anilines is 1. The van der Waals surface area contributed by atoms with E-state index in [-0.39, 0.29) is 11.1 Å². The minimum atomic E-state index is -0.414. The Kier molecular flexibility index (Phi) is 3.01. The zero-order chi connectivity index (χ0) is 13.9. The first-order valence-corrected chi connectivity index (χ1v) is 6.04. The molecule has 1 aromatic carbocycles. The van der Waals surface area contributed by atoms with Crippen LogP contribution in [0.5, 0.6) is 0 Å². The second-order valence-corrected chi connectivity index (χ2v) is 4.20. The number of rotatable bonds is 2. The Hall–Kier alpha value is -2.95. The van der Waals surface area contributed by atoms with Crippen molar-refractivity contribution in [3.05, 3.63) is 65.8 Å². The Morgan fingerprint density at radius 1 is 1.15 bits per heavy atom. The number of hydrogen-bond donors (Lipinski definition) is 2. The van der Waals surface area contributed by atoms with Crippen LogP contribution in [0, 0.1) is 5.41 Å². The van der Waals surface area contributed by atoms with Gasteiger partial charge in [0.15, 0.2) is 0 Å². The molecule has 0 unspecified atom stereocenters. The number of aromatic nitrogens is 1. The highest BCUT2D eigenvalue weighted by Crippen LogP contribution is 2.13. The van der Waals surface area contributed by atoms with Crippen molar-refractivity contribution in [2.24, 2.45) is 0 Å². The summed E-state index contributed by atoms with van der Waals surface area (Å²) >= 11 is 0. The molecule has 0 saturated carbocycles. The summed E-state index contributed by atoms with van der Waals surface area (Å²) in [5.74, 6) is 0.0215. The monoisotopic (exact) mass is 265 g/mol. The van der Waals surface area contributed by atoms with E-state index in [1.165, 1.54) is 0 Å². The van der Waals surface area contributed by atoms with Crippen molar-refractivity contribution in [1.29, 1.82) is 5.41 Å². The standard InChI is InChI=1S/C15H11N3O2/c16-14-11(9-10-5-1-2-6-12(10)20-14)15(19)18-13-7-3-4-8-17-13/h1-9,16H,(H,17,18,19). The molecule has 0 atom stereocenters. The lowest BCUT2D eigenvalue weighted by Gasteiger charge is -2.05. The summed E-state index contributed by atoms with van der Waals surface area (Å²) in [4.78, 5) is 16.2. The van der Waals surface area contributed by atoms with Crippen molar-refractivity contribution < 1.29 is 9.21 Å². The van der Waals surface area contributed by atoms with E-state index in [9.17, 15) is 4.79 Å². The van der Waals surface area contributed by atoms with Gasteiger partial charge < -0.3 is 9.73 Å². The van der Waals surface area contributed by atoms with E-state index < -0.39 is 5.91 Å². The predicted octanol–water partition coefficient (Wildman–Crippen LogP) is 2.56. The topological polar surface area (TPSA) is 79.0 Å². The SMILES string of the molecule is N=c1oc2ccccc2cc1C(=O)Nc1ccccn1. The van der Waals surface area contributed by atoms with Gasteiger partial charge in [0, 0.05) is 11.6 Å². The third-order valence-corrected chi connectivity index (χ3v) is 2.83. The Bertz CT molecular complexity index is 825. The average molecular weight is 265 g/mol. The molecule has 98 valence electrons. The molecule has 2 N–H and O–H groups in total. The number of para-hydroxylation sites is 1. The number of carbonyl (C=O) groups excluding carboxylic acids is 1. The van der Waals surface area contributed by atoms with E-state index in [0.717, 1.165) is 5.39 Å². The minimum absolute atomic E-state index is 0.169. The number of hydrogen-bond acceptors (Lipinski definition) is 4. The molecular formula is C15H11N3O2. The quantitative estimate of drug-likeness (QED) is 0.747. The summed E-state index contributed by atoms with van der Waals surface area (Å²) in [7, 11) is 0. The molecule has 0 saturated heterocycles. The van der Waals surface area contributed by atoms with Crippen LogP contribution in [-0.4, -0.2) is 10.9 Å². The summed E-state index contributed by atoms with van der Waals surface area (Å²) in [5.41, 5.74) is 0.582. The normalized spacial score (nSPS) is 10.4. The molecule has 0 radical (unpaired) electrons. The maximum absolute atomic E-state index is 12.1. The third-order valence-electron chi connectivity index (χ3n) is 2.83. The first-order valence-electron chi connectivity index (χ1n) is 6.04. The molecule has 1 amide bonds. The van der Waals surface area contributed by atoms with Gasteiger partial charge in [0.2, 0.25) is 5.55 Å². The van der Waals surface area contributed by atoms with Crippen LogP contribution in [0.15, 0.2) is 59.1 Å². The smallest absolute Gasteiger partial charge is 0.262 e. The van der Waals surface area contributed by atoms with Crippen molar-refractivity contribution >= 4 is 22.7 Å². The molecule has 3 aromatic rings. The second kappa shape index (κ2) is 4.97. The lowest BCUT2D eigenvalue weighted by atomic mass is 10.2. The molecule has 0 fully saturated rings. The van der Waals surface area contributed by atoms with Crippen LogP contribution in [0.1, 0.15) is 10.4 Å². The molecule has 0 spiro atoms. The number of pyridine rings is 1. The van der Waals surface area contributed by atoms with Gasteiger partial charge in [-0.1, -0.05) is 24.3 Å². The largest absolute Gasteiger partial charge is 0.438 e. The van der Waals surface area contributed by atoms with Gasteiger partial charge in [-0.2, -0.15) is 0 Å². The molecule has 0 aliphatic heterocycles. The first kappa shape index (κ1) is 12.1. The average Bonchev–Trinajstić information content (AvgIpc) is 2.47. The van der Waals surface area contributed by atoms with Crippen LogP contribution in [-0.2, 0) is 0 Å². The summed E-state index contributed by atoms with van der Waals surface area (Å²) < 4.78 is 5.34. The zero-order valence-corrected chi connectivity index (χ0v) is 10.5. The minimum Gasteiger partial charge on any atom is -0.438 e. The maximum Gasteiger partial charge on any atom is 0.262 e. The van der Waals surface area contributed by atoms with E-state index in [0.29, 0.717) is 11.4 Å². The van der Waals surface area contributed by atoms with Gasteiger partial charge in [-0.3, -0.25) is 10.2 Å². The van der Waals surface area contributed by atoms with E-state index in [2.05, 4.69) is 10.3 Å². The molecule has 5 nitrogen and oxygen atoms in total. The van der Waals surface area contributed by atoms with E-state index in [1.54, 1.807) is 36.5 Å². The van der Waals surface area contributed by atoms with Crippen LogP contribution < -0.4 is 10.9 Å². The van der Waals surface area contributed by atoms with E-state index >= 15 is 0 Å². The van der Waals surface area contributed by atoms with Crippen LogP contribution in [0.3, 0.4) is 0 Å². The van der Waals surface area contributed by atoms with Gasteiger partial charge in [0.05, 0.1) is 0 Å². The lowest BCUT2D eigenvalue weighted by molar-refractivity contribution is 0.102. The summed E-state index contributed by atoms with van der Waals surface area (Å²) in [6.45, 7) is 0. The van der Waals surface area contributed by atoms with Crippen LogP contribution in [0.2, 0.25) is 0 Å². The molecule has 5 heteroatoms. The van der Waals surface area contributed by atoms with Crippen molar-refractivity contribution in [3.8, 4) is 0 Å². The van der Waals surface area contributed by atoms with Gasteiger partial charge in [0.1, 0.15) is 17.0 Å². The van der Waals surface area contributed by atoms with Gasteiger partial charge in [-0.05, 0) is 24.3 Å². The van der Waals surface area contributed by atoms with Crippen LogP contribution in [0.4, 0.5) is 5.82 Å². The number of fused-ring (bicyclic) bond motifs is 1. The molecule has 0 bridgehead atoms. The fourth-order valence-electron chi connectivity index (χ4n) is 1.87. The molecule has 0 aliphatic carbocycles. The van der Waals surface area contributed by atoms with Crippen molar-refractivity contribution in [1.82, 2.24) is 4.98 Å². The van der Waals surface area contributed by atoms with Crippen LogP contribution >= 0.6 is 0 Å². The Balaban J connectivity index is 1.99. The van der Waals surface area contributed by atoms with Crippen molar-refractivity contribution in [2.75, 3.05) is 5.32 Å². The molecule has 3 rings (SSSR count). The number of nitrogens with zero attached hydrogens (tertiary/aromatic N) is 1. The lowest BCUT2D eigenvalue weighted by Crippen LogP contribution is -2.21. The Labute approximate surface area is 114 Å². The second-order valence-electron chi connectivity index (χ2n) is 4.20. The summed E-state index contributed by atoms with van der Waals surface area (Å²) in [6, 6.07) is 14.1. The molecular weight excluding hydrogens is 254 g/mol. The number of carbonyl (C=O) groups is 1. The van der Waals surface area contributed by atoms with E-state index in [1.807, 2.05) is 18.2 Å². The summed E-state index contributed by atoms with van der Waals surface area (Å²) in [5, 5.41) is 11.2. The fraction of sp³-hybridized carbons (Fsp3) is 0. The van der Waals surface area contributed by atoms with Gasteiger partial charge in [-0.15, -0.1) is 0 Å². The van der Waals surface area contributed by atoms with Crippen LogP contribution in [0.25, 0.3) is 11.0 Å². The van der Waals surface area contributed by atoms with Crippen molar-refractivity contribution in [3.63, 3.8) is 0 Å². The Morgan fingerprint density at radius 2 is 1.95 bits per heavy atom. The highest BCUT2D eigenvalue weighted by atomic mass is 16.3. The first-order chi connectivity index (χ1) is 9.74. The maximum atomic E-state index is 12.1. The van der Waals surface area contributed by atoms with Gasteiger partial charge in [-0.25, -0.2) is 4.98 Å². The number of amides is 1. The molecule has 0 aliphatic rings. The van der Waals surface area contributed by atoms with Crippen molar-refractivity contribution in [2.45, 2.75) is 0 Å². The van der Waals surface area contributed by atoms with Gasteiger partial charge in [0.25, 0.3) is 5.91 Å². The zero-order valence-electron chi connectivity index (χ0n) is 10.5. The van der Waals surface area contributed by atoms with E-state index in [4.69, 9.17) is 9.83 Å². The Morgan fingerprint density at radius 3 is 2.75 bits per heavy atom. The molecule has 20 heavy (non-hydrogen) atoms.